The number of aromatic nitrogens is 4. The van der Waals surface area contributed by atoms with Crippen molar-refractivity contribution < 1.29 is 0 Å². The molecule has 0 fully saturated rings. The fourth-order valence-corrected chi connectivity index (χ4v) is 2.18. The van der Waals surface area contributed by atoms with Crippen molar-refractivity contribution in [1.29, 1.82) is 0 Å². The molecular weight excluding hydrogens is 328 g/mol. The van der Waals surface area contributed by atoms with Gasteiger partial charge in [-0.15, -0.1) is 0 Å². The van der Waals surface area contributed by atoms with Crippen LogP contribution in [0.25, 0.3) is 17.2 Å². The molecule has 0 amide bonds. The summed E-state index contributed by atoms with van der Waals surface area (Å²) in [5, 5.41) is 4.84. The molecule has 2 aromatic heterocycles. The number of hydrogen-bond acceptors (Lipinski definition) is 3. The number of hydrogen-bond donors (Lipinski definition) is 0. The first kappa shape index (κ1) is 12.3. The van der Waals surface area contributed by atoms with Crippen LogP contribution in [0, 0.1) is 0 Å². The Labute approximate surface area is 123 Å². The normalized spacial score (nSPS) is 10.6. The molecule has 0 aliphatic carbocycles. The zero-order chi connectivity index (χ0) is 13.2. The summed E-state index contributed by atoms with van der Waals surface area (Å²) >= 11 is 9.55. The smallest absolute Gasteiger partial charge is 0.166 e. The number of halogens is 2. The number of nitrogens with zero attached hydrogens (tertiary/aromatic N) is 4. The molecule has 4 nitrogen and oxygen atoms in total. The van der Waals surface area contributed by atoms with Crippen LogP contribution in [0.15, 0.2) is 53.4 Å². The first-order chi connectivity index (χ1) is 9.25. The van der Waals surface area contributed by atoms with Crippen LogP contribution in [-0.2, 0) is 0 Å². The maximum Gasteiger partial charge on any atom is 0.166 e. The number of rotatable bonds is 2. The molecule has 3 aromatic rings. The quantitative estimate of drug-likeness (QED) is 0.716. The van der Waals surface area contributed by atoms with Crippen LogP contribution in [-0.4, -0.2) is 19.7 Å². The zero-order valence-corrected chi connectivity index (χ0v) is 12.0. The van der Waals surface area contributed by atoms with E-state index in [0.717, 1.165) is 10.0 Å². The van der Waals surface area contributed by atoms with Crippen LogP contribution in [0.4, 0.5) is 0 Å². The second kappa shape index (κ2) is 5.11. The van der Waals surface area contributed by atoms with Crippen molar-refractivity contribution in [3.8, 4) is 17.2 Å². The van der Waals surface area contributed by atoms with Gasteiger partial charge in [0.15, 0.2) is 11.6 Å². The predicted molar refractivity (Wildman–Crippen MR) is 77.3 cm³/mol. The Balaban J connectivity index is 2.13. The summed E-state index contributed by atoms with van der Waals surface area (Å²) in [5.74, 6) is 1.36. The average molecular weight is 336 g/mol. The molecule has 0 saturated heterocycles. The van der Waals surface area contributed by atoms with Crippen LogP contribution < -0.4 is 0 Å². The van der Waals surface area contributed by atoms with Crippen molar-refractivity contribution in [2.75, 3.05) is 0 Å². The summed E-state index contributed by atoms with van der Waals surface area (Å²) in [6.07, 6.45) is 3.20. The van der Waals surface area contributed by atoms with Gasteiger partial charge in [0.2, 0.25) is 0 Å². The average Bonchev–Trinajstić information content (AvgIpc) is 2.89. The van der Waals surface area contributed by atoms with E-state index in [-0.39, 0.29) is 0 Å². The van der Waals surface area contributed by atoms with Crippen molar-refractivity contribution in [2.24, 2.45) is 0 Å². The lowest BCUT2D eigenvalue weighted by atomic mass is 10.2. The fraction of sp³-hybridized carbons (Fsp3) is 0. The van der Waals surface area contributed by atoms with Crippen LogP contribution in [0.5, 0.6) is 0 Å². The molecule has 3 rings (SSSR count). The first-order valence-corrected chi connectivity index (χ1v) is 6.69. The number of pyridine rings is 1. The molecule has 0 saturated carbocycles. The van der Waals surface area contributed by atoms with Crippen molar-refractivity contribution in [3.05, 3.63) is 58.4 Å². The Morgan fingerprint density at radius 1 is 1.05 bits per heavy atom. The van der Waals surface area contributed by atoms with Gasteiger partial charge in [0.25, 0.3) is 0 Å². The molecular formula is C13H8BrClN4. The molecule has 0 aliphatic rings. The lowest BCUT2D eigenvalue weighted by Gasteiger charge is -2.06. The van der Waals surface area contributed by atoms with Gasteiger partial charge in [-0.25, -0.2) is 9.97 Å². The molecule has 0 atom stereocenters. The van der Waals surface area contributed by atoms with Gasteiger partial charge in [-0.2, -0.15) is 9.78 Å². The van der Waals surface area contributed by atoms with Gasteiger partial charge in [-0.1, -0.05) is 23.7 Å². The monoisotopic (exact) mass is 334 g/mol. The maximum absolute atomic E-state index is 6.19. The summed E-state index contributed by atoms with van der Waals surface area (Å²) in [6.45, 7) is 0. The third-order valence-corrected chi connectivity index (χ3v) is 3.39. The summed E-state index contributed by atoms with van der Waals surface area (Å²) in [5.41, 5.74) is 0.825. The Morgan fingerprint density at radius 2 is 1.89 bits per heavy atom. The van der Waals surface area contributed by atoms with Gasteiger partial charge in [0.1, 0.15) is 6.33 Å². The molecule has 19 heavy (non-hydrogen) atoms. The van der Waals surface area contributed by atoms with E-state index in [0.29, 0.717) is 16.7 Å². The molecule has 0 bridgehead atoms. The molecule has 0 unspecified atom stereocenters. The van der Waals surface area contributed by atoms with E-state index in [9.17, 15) is 0 Å². The number of benzene rings is 1. The van der Waals surface area contributed by atoms with Gasteiger partial charge in [0, 0.05) is 16.2 Å². The topological polar surface area (TPSA) is 43.6 Å². The van der Waals surface area contributed by atoms with Crippen LogP contribution >= 0.6 is 27.5 Å². The summed E-state index contributed by atoms with van der Waals surface area (Å²) < 4.78 is 2.57. The van der Waals surface area contributed by atoms with Gasteiger partial charge in [0.05, 0.1) is 5.02 Å². The Morgan fingerprint density at radius 3 is 2.63 bits per heavy atom. The summed E-state index contributed by atoms with van der Waals surface area (Å²) in [7, 11) is 0. The van der Waals surface area contributed by atoms with Crippen LogP contribution in [0.1, 0.15) is 0 Å². The predicted octanol–water partition coefficient (Wildman–Crippen LogP) is 3.75. The Hall–Kier alpha value is -1.72. The summed E-state index contributed by atoms with van der Waals surface area (Å²) in [6, 6.07) is 11.3. The van der Waals surface area contributed by atoms with E-state index in [1.807, 2.05) is 36.4 Å². The van der Waals surface area contributed by atoms with E-state index in [1.54, 1.807) is 10.9 Å². The Bertz CT molecular complexity index is 709. The van der Waals surface area contributed by atoms with Crippen molar-refractivity contribution in [3.63, 3.8) is 0 Å². The maximum atomic E-state index is 6.19. The highest BCUT2D eigenvalue weighted by molar-refractivity contribution is 9.10. The zero-order valence-electron chi connectivity index (χ0n) is 9.66. The minimum Gasteiger partial charge on any atom is -0.236 e. The molecule has 0 N–H and O–H groups in total. The SMILES string of the molecule is Clc1ccccc1-c1ncnn1-c1ccc(Br)cn1. The van der Waals surface area contributed by atoms with Gasteiger partial charge < -0.3 is 0 Å². The minimum absolute atomic E-state index is 0.633. The van der Waals surface area contributed by atoms with Crippen molar-refractivity contribution in [2.45, 2.75) is 0 Å². The second-order valence-electron chi connectivity index (χ2n) is 3.81. The van der Waals surface area contributed by atoms with E-state index in [1.165, 1.54) is 6.33 Å². The third-order valence-electron chi connectivity index (χ3n) is 2.59. The molecule has 0 aliphatic heterocycles. The largest absolute Gasteiger partial charge is 0.236 e. The highest BCUT2D eigenvalue weighted by Gasteiger charge is 2.12. The molecule has 0 radical (unpaired) electrons. The van der Waals surface area contributed by atoms with Crippen LogP contribution in [0.2, 0.25) is 5.02 Å². The molecule has 94 valence electrons. The van der Waals surface area contributed by atoms with Gasteiger partial charge in [-0.3, -0.25) is 0 Å². The van der Waals surface area contributed by atoms with E-state index in [4.69, 9.17) is 11.6 Å². The molecule has 6 heteroatoms. The van der Waals surface area contributed by atoms with Gasteiger partial charge in [-0.05, 0) is 40.2 Å². The molecule has 1 aromatic carbocycles. The molecule has 0 spiro atoms. The lowest BCUT2D eigenvalue weighted by Crippen LogP contribution is -2.02. The van der Waals surface area contributed by atoms with E-state index < -0.39 is 0 Å². The van der Waals surface area contributed by atoms with E-state index in [2.05, 4.69) is 31.0 Å². The van der Waals surface area contributed by atoms with Gasteiger partial charge >= 0.3 is 0 Å². The standard InChI is InChI=1S/C13H8BrClN4/c14-9-5-6-12(16-7-9)19-13(17-8-18-19)10-3-1-2-4-11(10)15/h1-8H. The second-order valence-corrected chi connectivity index (χ2v) is 5.13. The lowest BCUT2D eigenvalue weighted by molar-refractivity contribution is 0.852. The highest BCUT2D eigenvalue weighted by atomic mass is 79.9. The first-order valence-electron chi connectivity index (χ1n) is 5.52. The third kappa shape index (κ3) is 2.39. The van der Waals surface area contributed by atoms with Crippen molar-refractivity contribution in [1.82, 2.24) is 19.7 Å². The summed E-state index contributed by atoms with van der Waals surface area (Å²) in [4.78, 5) is 8.57. The minimum atomic E-state index is 0.633. The van der Waals surface area contributed by atoms with Crippen molar-refractivity contribution >= 4 is 27.5 Å². The Kier molecular flexibility index (Phi) is 3.31. The fourth-order valence-electron chi connectivity index (χ4n) is 1.73. The highest BCUT2D eigenvalue weighted by Crippen LogP contribution is 2.26. The van der Waals surface area contributed by atoms with Crippen LogP contribution in [0.3, 0.4) is 0 Å². The van der Waals surface area contributed by atoms with E-state index >= 15 is 0 Å². The molecule has 2 heterocycles.